The number of ether oxygens (including phenoxy) is 1. The number of rotatable bonds is 5. The monoisotopic (exact) mass is 329 g/mol. The second kappa shape index (κ2) is 6.79. The Morgan fingerprint density at radius 2 is 2.08 bits per heavy atom. The summed E-state index contributed by atoms with van der Waals surface area (Å²) in [5.74, 6) is 1.66. The zero-order chi connectivity index (χ0) is 17.3. The molecule has 2 heterocycles. The summed E-state index contributed by atoms with van der Waals surface area (Å²) in [5, 5.41) is 14.2. The number of nitrogens with one attached hydrogen (secondary N) is 1. The number of unbranched alkanes of at least 4 members (excludes halogenated alkanes) is 2. The van der Waals surface area contributed by atoms with Crippen molar-refractivity contribution >= 4 is 5.57 Å². The van der Waals surface area contributed by atoms with Crippen LogP contribution in [0, 0.1) is 0 Å². The number of hydrogen-bond donors (Lipinski definition) is 2. The molecule has 3 nitrogen and oxygen atoms in total. The van der Waals surface area contributed by atoms with E-state index < -0.39 is 0 Å². The van der Waals surface area contributed by atoms with E-state index in [0.717, 1.165) is 37.2 Å². The van der Waals surface area contributed by atoms with Gasteiger partial charge in [-0.3, -0.25) is 0 Å². The highest BCUT2D eigenvalue weighted by atomic mass is 16.5. The highest BCUT2D eigenvalue weighted by Gasteiger charge is 2.37. The molecule has 132 valence electrons. The van der Waals surface area contributed by atoms with Crippen LogP contribution in [-0.4, -0.2) is 23.8 Å². The molecule has 0 bridgehead atoms. The predicted octanol–water partition coefficient (Wildman–Crippen LogP) is 4.99. The van der Waals surface area contributed by atoms with Crippen molar-refractivity contribution in [2.45, 2.75) is 71.3 Å². The standard InChI is InChI=1S/C21H31NO2/c1-5-6-7-8-14(2)15-11-18(23)20-16-13-22-10-9-17(16)21(3,4)24-19(20)12-15/h11-12,14,22-23H,5-10,13H2,1-4H3. The van der Waals surface area contributed by atoms with Crippen LogP contribution in [0.5, 0.6) is 11.5 Å². The minimum absolute atomic E-state index is 0.291. The van der Waals surface area contributed by atoms with Gasteiger partial charge in [-0.1, -0.05) is 33.1 Å². The molecule has 0 fully saturated rings. The molecule has 3 heteroatoms. The number of phenolic OH excluding ortho intramolecular Hbond substituents is 1. The molecule has 2 aliphatic rings. The third kappa shape index (κ3) is 3.19. The van der Waals surface area contributed by atoms with E-state index in [9.17, 15) is 5.11 Å². The maximum absolute atomic E-state index is 10.7. The van der Waals surface area contributed by atoms with E-state index in [2.05, 4.69) is 39.1 Å². The van der Waals surface area contributed by atoms with Crippen molar-refractivity contribution in [2.75, 3.05) is 13.1 Å². The van der Waals surface area contributed by atoms with Crippen molar-refractivity contribution in [3.05, 3.63) is 28.8 Å². The lowest BCUT2D eigenvalue weighted by molar-refractivity contribution is 0.137. The second-order valence-electron chi connectivity index (χ2n) is 7.81. The van der Waals surface area contributed by atoms with Crippen LogP contribution >= 0.6 is 0 Å². The quantitative estimate of drug-likeness (QED) is 0.747. The van der Waals surface area contributed by atoms with Crippen molar-refractivity contribution in [3.8, 4) is 11.5 Å². The summed E-state index contributed by atoms with van der Waals surface area (Å²) < 4.78 is 6.34. The fourth-order valence-corrected chi connectivity index (χ4v) is 4.08. The third-order valence-corrected chi connectivity index (χ3v) is 5.52. The Morgan fingerprint density at radius 3 is 2.83 bits per heavy atom. The second-order valence-corrected chi connectivity index (χ2v) is 7.81. The van der Waals surface area contributed by atoms with Crippen LogP contribution in [-0.2, 0) is 0 Å². The predicted molar refractivity (Wildman–Crippen MR) is 99.8 cm³/mol. The topological polar surface area (TPSA) is 41.5 Å². The van der Waals surface area contributed by atoms with Crippen molar-refractivity contribution in [3.63, 3.8) is 0 Å². The highest BCUT2D eigenvalue weighted by molar-refractivity contribution is 5.82. The summed E-state index contributed by atoms with van der Waals surface area (Å²) in [7, 11) is 0. The maximum Gasteiger partial charge on any atom is 0.132 e. The minimum Gasteiger partial charge on any atom is -0.507 e. The molecule has 0 spiro atoms. The third-order valence-electron chi connectivity index (χ3n) is 5.52. The van der Waals surface area contributed by atoms with E-state index in [4.69, 9.17) is 4.74 Å². The van der Waals surface area contributed by atoms with Crippen molar-refractivity contribution in [1.29, 1.82) is 0 Å². The molecule has 1 unspecified atom stereocenters. The smallest absolute Gasteiger partial charge is 0.132 e. The van der Waals surface area contributed by atoms with Gasteiger partial charge in [0, 0.05) is 6.54 Å². The molecule has 0 saturated carbocycles. The fourth-order valence-electron chi connectivity index (χ4n) is 4.08. The molecular formula is C21H31NO2. The van der Waals surface area contributed by atoms with Crippen molar-refractivity contribution in [2.24, 2.45) is 0 Å². The van der Waals surface area contributed by atoms with Crippen LogP contribution in [0.15, 0.2) is 17.7 Å². The van der Waals surface area contributed by atoms with Gasteiger partial charge in [-0.15, -0.1) is 0 Å². The van der Waals surface area contributed by atoms with Crippen LogP contribution in [0.1, 0.15) is 76.8 Å². The van der Waals surface area contributed by atoms with Gasteiger partial charge in [0.25, 0.3) is 0 Å². The van der Waals surface area contributed by atoms with Crippen LogP contribution in [0.3, 0.4) is 0 Å². The van der Waals surface area contributed by atoms with Gasteiger partial charge in [0.05, 0.1) is 5.56 Å². The fraction of sp³-hybridized carbons (Fsp3) is 0.619. The Balaban J connectivity index is 1.96. The molecule has 0 aliphatic carbocycles. The van der Waals surface area contributed by atoms with Gasteiger partial charge in [-0.2, -0.15) is 0 Å². The average Bonchev–Trinajstić information content (AvgIpc) is 2.54. The molecule has 0 radical (unpaired) electrons. The van der Waals surface area contributed by atoms with Gasteiger partial charge in [0.2, 0.25) is 0 Å². The van der Waals surface area contributed by atoms with Gasteiger partial charge >= 0.3 is 0 Å². The maximum atomic E-state index is 10.7. The van der Waals surface area contributed by atoms with E-state index in [-0.39, 0.29) is 5.60 Å². The van der Waals surface area contributed by atoms with Crippen LogP contribution < -0.4 is 10.1 Å². The number of hydrogen-bond acceptors (Lipinski definition) is 3. The Bertz CT molecular complexity index is 645. The molecule has 0 aromatic heterocycles. The Kier molecular flexibility index (Phi) is 4.91. The first-order chi connectivity index (χ1) is 11.4. The number of fused-ring (bicyclic) bond motifs is 2. The highest BCUT2D eigenvalue weighted by Crippen LogP contribution is 2.47. The molecular weight excluding hydrogens is 298 g/mol. The zero-order valence-corrected chi connectivity index (χ0v) is 15.5. The normalized spacial score (nSPS) is 20.2. The van der Waals surface area contributed by atoms with Gasteiger partial charge in [-0.25, -0.2) is 0 Å². The van der Waals surface area contributed by atoms with Gasteiger partial charge in [-0.05, 0) is 68.0 Å². The first kappa shape index (κ1) is 17.3. The van der Waals surface area contributed by atoms with E-state index in [1.807, 2.05) is 6.07 Å². The molecule has 2 N–H and O–H groups in total. The zero-order valence-electron chi connectivity index (χ0n) is 15.5. The van der Waals surface area contributed by atoms with E-state index >= 15 is 0 Å². The van der Waals surface area contributed by atoms with Gasteiger partial charge in [0.15, 0.2) is 0 Å². The first-order valence-corrected chi connectivity index (χ1v) is 9.43. The Hall–Kier alpha value is -1.48. The van der Waals surface area contributed by atoms with Crippen molar-refractivity contribution < 1.29 is 9.84 Å². The van der Waals surface area contributed by atoms with Crippen molar-refractivity contribution in [1.82, 2.24) is 5.32 Å². The number of benzene rings is 1. The summed E-state index contributed by atoms with van der Waals surface area (Å²) in [6, 6.07) is 4.11. The van der Waals surface area contributed by atoms with Crippen LogP contribution in [0.2, 0.25) is 0 Å². The molecule has 1 aromatic carbocycles. The largest absolute Gasteiger partial charge is 0.507 e. The van der Waals surface area contributed by atoms with Gasteiger partial charge < -0.3 is 15.2 Å². The molecule has 24 heavy (non-hydrogen) atoms. The lowest BCUT2D eigenvalue weighted by atomic mass is 9.81. The summed E-state index contributed by atoms with van der Waals surface area (Å²) in [6.07, 6.45) is 5.89. The molecule has 1 atom stereocenters. The first-order valence-electron chi connectivity index (χ1n) is 9.43. The summed E-state index contributed by atoms with van der Waals surface area (Å²) in [5.41, 5.74) is 4.36. The molecule has 0 amide bonds. The lowest BCUT2D eigenvalue weighted by Crippen LogP contribution is -2.40. The van der Waals surface area contributed by atoms with Gasteiger partial charge in [0.1, 0.15) is 17.1 Å². The van der Waals surface area contributed by atoms with Crippen LogP contribution in [0.4, 0.5) is 0 Å². The molecule has 1 aromatic rings. The molecule has 3 rings (SSSR count). The molecule has 2 aliphatic heterocycles. The Labute approximate surface area is 146 Å². The number of aromatic hydroxyl groups is 1. The number of phenols is 1. The lowest BCUT2D eigenvalue weighted by Gasteiger charge is -2.40. The average molecular weight is 329 g/mol. The summed E-state index contributed by atoms with van der Waals surface area (Å²) in [4.78, 5) is 0. The van der Waals surface area contributed by atoms with E-state index in [1.54, 1.807) is 0 Å². The minimum atomic E-state index is -0.291. The van der Waals surface area contributed by atoms with E-state index in [0.29, 0.717) is 11.7 Å². The van der Waals surface area contributed by atoms with Crippen LogP contribution in [0.25, 0.3) is 5.57 Å². The SMILES string of the molecule is CCCCCC(C)c1cc(O)c2c(c1)OC(C)(C)C1=C2CNCC1. The summed E-state index contributed by atoms with van der Waals surface area (Å²) in [6.45, 7) is 10.6. The molecule has 0 saturated heterocycles. The Morgan fingerprint density at radius 1 is 1.29 bits per heavy atom. The summed E-state index contributed by atoms with van der Waals surface area (Å²) >= 11 is 0. The van der Waals surface area contributed by atoms with E-state index in [1.165, 1.54) is 36.0 Å².